The van der Waals surface area contributed by atoms with E-state index in [1.54, 1.807) is 11.3 Å². The molecule has 0 spiro atoms. The normalized spacial score (nSPS) is 10.4. The van der Waals surface area contributed by atoms with E-state index in [4.69, 9.17) is 10.5 Å². The molecule has 0 bridgehead atoms. The van der Waals surface area contributed by atoms with Crippen LogP contribution >= 0.6 is 27.3 Å². The molecule has 0 aliphatic carbocycles. The molecule has 2 N–H and O–H groups in total. The zero-order chi connectivity index (χ0) is 11.4. The number of ether oxygens (including phenoxy) is 1. The van der Waals surface area contributed by atoms with Gasteiger partial charge in [0.2, 0.25) is 0 Å². The highest BCUT2D eigenvalue weighted by Crippen LogP contribution is 2.23. The Morgan fingerprint density at radius 2 is 2.19 bits per heavy atom. The molecular weight excluding hydrogens is 286 g/mol. The third kappa shape index (κ3) is 2.84. The van der Waals surface area contributed by atoms with Gasteiger partial charge >= 0.3 is 0 Å². The van der Waals surface area contributed by atoms with Crippen molar-refractivity contribution in [1.82, 2.24) is 0 Å². The number of hydrogen-bond donors (Lipinski definition) is 1. The monoisotopic (exact) mass is 297 g/mol. The van der Waals surface area contributed by atoms with Crippen molar-refractivity contribution in [3.05, 3.63) is 50.6 Å². The summed E-state index contributed by atoms with van der Waals surface area (Å²) in [6.07, 6.45) is 0. The minimum Gasteiger partial charge on any atom is -0.489 e. The lowest BCUT2D eigenvalue weighted by Crippen LogP contribution is -2.02. The SMILES string of the molecule is NCc1cc(Br)ccc1OCc1ccsc1. The molecule has 1 aromatic heterocycles. The molecule has 16 heavy (non-hydrogen) atoms. The summed E-state index contributed by atoms with van der Waals surface area (Å²) in [6.45, 7) is 1.08. The third-order valence-electron chi connectivity index (χ3n) is 2.22. The molecule has 1 aromatic carbocycles. The van der Waals surface area contributed by atoms with Crippen LogP contribution in [-0.2, 0) is 13.2 Å². The molecule has 4 heteroatoms. The lowest BCUT2D eigenvalue weighted by Gasteiger charge is -2.09. The number of rotatable bonds is 4. The first-order valence-electron chi connectivity index (χ1n) is 4.92. The lowest BCUT2D eigenvalue weighted by molar-refractivity contribution is 0.303. The molecule has 0 atom stereocenters. The fraction of sp³-hybridized carbons (Fsp3) is 0.167. The fourth-order valence-electron chi connectivity index (χ4n) is 1.38. The Labute approximate surface area is 107 Å². The zero-order valence-electron chi connectivity index (χ0n) is 8.65. The maximum Gasteiger partial charge on any atom is 0.124 e. The molecule has 0 saturated heterocycles. The Hall–Kier alpha value is -0.840. The largest absolute Gasteiger partial charge is 0.489 e. The van der Waals surface area contributed by atoms with E-state index in [1.165, 1.54) is 5.56 Å². The van der Waals surface area contributed by atoms with Crippen LogP contribution < -0.4 is 10.5 Å². The molecule has 1 heterocycles. The van der Waals surface area contributed by atoms with E-state index >= 15 is 0 Å². The van der Waals surface area contributed by atoms with Gasteiger partial charge in [-0.05, 0) is 40.6 Å². The highest BCUT2D eigenvalue weighted by atomic mass is 79.9. The smallest absolute Gasteiger partial charge is 0.124 e. The minimum absolute atomic E-state index is 0.485. The average molecular weight is 298 g/mol. The summed E-state index contributed by atoms with van der Waals surface area (Å²) in [5, 5.41) is 4.13. The van der Waals surface area contributed by atoms with Crippen LogP contribution in [0.25, 0.3) is 0 Å². The summed E-state index contributed by atoms with van der Waals surface area (Å²) in [6, 6.07) is 7.95. The first-order chi connectivity index (χ1) is 7.79. The van der Waals surface area contributed by atoms with Crippen molar-refractivity contribution in [2.24, 2.45) is 5.73 Å². The molecule has 0 saturated carbocycles. The number of nitrogens with two attached hydrogens (primary N) is 1. The molecule has 2 aromatic rings. The van der Waals surface area contributed by atoms with Crippen molar-refractivity contribution >= 4 is 27.3 Å². The van der Waals surface area contributed by atoms with Crippen molar-refractivity contribution in [3.8, 4) is 5.75 Å². The number of benzene rings is 1. The molecule has 2 nitrogen and oxygen atoms in total. The quantitative estimate of drug-likeness (QED) is 0.937. The van der Waals surface area contributed by atoms with Gasteiger partial charge in [0.1, 0.15) is 12.4 Å². The van der Waals surface area contributed by atoms with E-state index < -0.39 is 0 Å². The summed E-state index contributed by atoms with van der Waals surface area (Å²) in [4.78, 5) is 0. The summed E-state index contributed by atoms with van der Waals surface area (Å²) < 4.78 is 6.76. The van der Waals surface area contributed by atoms with E-state index in [-0.39, 0.29) is 0 Å². The number of hydrogen-bond acceptors (Lipinski definition) is 3. The van der Waals surface area contributed by atoms with E-state index in [9.17, 15) is 0 Å². The standard InChI is InChI=1S/C12H12BrNOS/c13-11-1-2-12(10(5-11)6-14)15-7-9-3-4-16-8-9/h1-5,8H,6-7,14H2. The van der Waals surface area contributed by atoms with E-state index in [0.29, 0.717) is 13.2 Å². The van der Waals surface area contributed by atoms with Crippen molar-refractivity contribution < 1.29 is 4.74 Å². The molecule has 0 fully saturated rings. The molecule has 84 valence electrons. The molecule has 0 radical (unpaired) electrons. The first-order valence-corrected chi connectivity index (χ1v) is 6.65. The van der Waals surface area contributed by atoms with E-state index in [1.807, 2.05) is 23.6 Å². The Balaban J connectivity index is 2.09. The molecule has 0 unspecified atom stereocenters. The van der Waals surface area contributed by atoms with Gasteiger partial charge in [-0.3, -0.25) is 0 Å². The minimum atomic E-state index is 0.485. The fourth-order valence-corrected chi connectivity index (χ4v) is 2.45. The van der Waals surface area contributed by atoms with Gasteiger partial charge in [0.25, 0.3) is 0 Å². The molecular formula is C12H12BrNOS. The highest BCUT2D eigenvalue weighted by Gasteiger charge is 2.03. The van der Waals surface area contributed by atoms with Crippen LogP contribution in [0.4, 0.5) is 0 Å². The molecule has 0 aliphatic heterocycles. The zero-order valence-corrected chi connectivity index (χ0v) is 11.1. The summed E-state index contributed by atoms with van der Waals surface area (Å²) in [5.41, 5.74) is 7.88. The van der Waals surface area contributed by atoms with Gasteiger partial charge in [-0.1, -0.05) is 15.9 Å². The van der Waals surface area contributed by atoms with Crippen molar-refractivity contribution in [2.45, 2.75) is 13.2 Å². The second-order valence-corrected chi connectivity index (χ2v) is 5.07. The van der Waals surface area contributed by atoms with Crippen LogP contribution in [0, 0.1) is 0 Å². The van der Waals surface area contributed by atoms with E-state index in [0.717, 1.165) is 15.8 Å². The van der Waals surface area contributed by atoms with Crippen molar-refractivity contribution in [3.63, 3.8) is 0 Å². The van der Waals surface area contributed by atoms with Gasteiger partial charge in [0.05, 0.1) is 0 Å². The van der Waals surface area contributed by atoms with Crippen LogP contribution in [0.5, 0.6) is 5.75 Å². The first kappa shape index (κ1) is 11.6. The van der Waals surface area contributed by atoms with Crippen LogP contribution in [-0.4, -0.2) is 0 Å². The van der Waals surface area contributed by atoms with Crippen molar-refractivity contribution in [2.75, 3.05) is 0 Å². The Bertz CT molecular complexity index is 456. The van der Waals surface area contributed by atoms with Gasteiger partial charge in [0.15, 0.2) is 0 Å². The van der Waals surface area contributed by atoms with Crippen LogP contribution in [0.3, 0.4) is 0 Å². The predicted molar refractivity (Wildman–Crippen MR) is 70.7 cm³/mol. The van der Waals surface area contributed by atoms with Gasteiger partial charge < -0.3 is 10.5 Å². The average Bonchev–Trinajstić information content (AvgIpc) is 2.80. The van der Waals surface area contributed by atoms with Gasteiger partial charge in [-0.2, -0.15) is 11.3 Å². The summed E-state index contributed by atoms with van der Waals surface area (Å²) in [5.74, 6) is 0.858. The van der Waals surface area contributed by atoms with Crippen LogP contribution in [0.1, 0.15) is 11.1 Å². The number of thiophene rings is 1. The second-order valence-electron chi connectivity index (χ2n) is 3.38. The predicted octanol–water partition coefficient (Wildman–Crippen LogP) is 3.55. The van der Waals surface area contributed by atoms with Crippen LogP contribution in [0.2, 0.25) is 0 Å². The highest BCUT2D eigenvalue weighted by molar-refractivity contribution is 9.10. The third-order valence-corrected chi connectivity index (χ3v) is 3.44. The van der Waals surface area contributed by atoms with Crippen molar-refractivity contribution in [1.29, 1.82) is 0 Å². The topological polar surface area (TPSA) is 35.2 Å². The Morgan fingerprint density at radius 1 is 1.31 bits per heavy atom. The summed E-state index contributed by atoms with van der Waals surface area (Å²) in [7, 11) is 0. The van der Waals surface area contributed by atoms with Gasteiger partial charge in [-0.25, -0.2) is 0 Å². The molecule has 0 aliphatic rings. The Kier molecular flexibility index (Phi) is 3.98. The molecule has 2 rings (SSSR count). The maximum absolute atomic E-state index is 5.73. The number of halogens is 1. The lowest BCUT2D eigenvalue weighted by atomic mass is 10.2. The molecule has 0 amide bonds. The van der Waals surface area contributed by atoms with E-state index in [2.05, 4.69) is 27.4 Å². The van der Waals surface area contributed by atoms with Gasteiger partial charge in [-0.15, -0.1) is 0 Å². The second kappa shape index (κ2) is 5.48. The maximum atomic E-state index is 5.73. The van der Waals surface area contributed by atoms with Gasteiger partial charge in [0, 0.05) is 16.6 Å². The summed E-state index contributed by atoms with van der Waals surface area (Å²) >= 11 is 5.09. The van der Waals surface area contributed by atoms with Crippen LogP contribution in [0.15, 0.2) is 39.5 Å². The Morgan fingerprint density at radius 3 is 2.88 bits per heavy atom.